The van der Waals surface area contributed by atoms with E-state index in [0.29, 0.717) is 0 Å². The van der Waals surface area contributed by atoms with Gasteiger partial charge in [0, 0.05) is 5.03 Å². The first-order valence-electron chi connectivity index (χ1n) is 3.80. The average Bonchev–Trinajstić information content (AvgIpc) is 2.02. The molecule has 0 unspecified atom stereocenters. The highest BCUT2D eigenvalue weighted by atomic mass is 35.5. The minimum atomic E-state index is 0.797. The number of hydrogen-bond acceptors (Lipinski definition) is 0. The predicted octanol–water partition coefficient (Wildman–Crippen LogP) is 4.04. The summed E-state index contributed by atoms with van der Waals surface area (Å²) in [6.07, 6.45) is 4.87. The minimum Gasteiger partial charge on any atom is -0.0943 e. The highest BCUT2D eigenvalue weighted by molar-refractivity contribution is 6.32. The molecule has 62 valence electrons. The summed E-state index contributed by atoms with van der Waals surface area (Å²) in [4.78, 5) is 0. The molecule has 0 aromatic heterocycles. The first-order valence-corrected chi connectivity index (χ1v) is 4.18. The van der Waals surface area contributed by atoms with E-state index in [0.717, 1.165) is 22.6 Å². The third-order valence-electron chi connectivity index (χ3n) is 1.50. The van der Waals surface area contributed by atoms with Crippen molar-refractivity contribution in [2.45, 2.75) is 27.2 Å². The Morgan fingerprint density at radius 3 is 2.45 bits per heavy atom. The molecule has 11 heavy (non-hydrogen) atoms. The van der Waals surface area contributed by atoms with E-state index in [-0.39, 0.29) is 0 Å². The van der Waals surface area contributed by atoms with Crippen molar-refractivity contribution < 1.29 is 0 Å². The van der Waals surface area contributed by atoms with Gasteiger partial charge in [0.25, 0.3) is 0 Å². The molecule has 0 radical (unpaired) electrons. The van der Waals surface area contributed by atoms with Gasteiger partial charge < -0.3 is 0 Å². The van der Waals surface area contributed by atoms with Crippen LogP contribution in [0.1, 0.15) is 27.2 Å². The van der Waals surface area contributed by atoms with Crippen LogP contribution in [0, 0.1) is 0 Å². The van der Waals surface area contributed by atoms with E-state index in [1.54, 1.807) is 0 Å². The second-order valence-corrected chi connectivity index (χ2v) is 2.83. The molecule has 0 aromatic carbocycles. The van der Waals surface area contributed by atoms with E-state index < -0.39 is 0 Å². The highest BCUT2D eigenvalue weighted by Crippen LogP contribution is 2.20. The van der Waals surface area contributed by atoms with Gasteiger partial charge in [-0.15, -0.1) is 0 Å². The molecule has 0 aliphatic carbocycles. The van der Waals surface area contributed by atoms with Gasteiger partial charge in [0.2, 0.25) is 0 Å². The van der Waals surface area contributed by atoms with E-state index in [1.165, 1.54) is 0 Å². The molecule has 0 aromatic rings. The fourth-order valence-corrected chi connectivity index (χ4v) is 0.954. The molecular formula is C10H15Cl. The van der Waals surface area contributed by atoms with Crippen LogP contribution in [0.4, 0.5) is 0 Å². The zero-order chi connectivity index (χ0) is 8.85. The molecule has 0 aliphatic rings. The molecule has 0 bridgehead atoms. The van der Waals surface area contributed by atoms with Gasteiger partial charge in [-0.05, 0) is 31.4 Å². The second kappa shape index (κ2) is 5.20. The highest BCUT2D eigenvalue weighted by Gasteiger charge is 1.98. The normalized spacial score (nSPS) is 13.5. The van der Waals surface area contributed by atoms with Gasteiger partial charge in [0.1, 0.15) is 0 Å². The Kier molecular flexibility index (Phi) is 4.97. The predicted molar refractivity (Wildman–Crippen MR) is 52.8 cm³/mol. The summed E-state index contributed by atoms with van der Waals surface area (Å²) in [5.41, 5.74) is 2.09. The summed E-state index contributed by atoms with van der Waals surface area (Å²) >= 11 is 5.99. The van der Waals surface area contributed by atoms with Crippen molar-refractivity contribution in [3.05, 3.63) is 34.9 Å². The van der Waals surface area contributed by atoms with Gasteiger partial charge in [-0.1, -0.05) is 37.3 Å². The Labute approximate surface area is 74.3 Å². The first kappa shape index (κ1) is 10.5. The standard InChI is InChI=1S/C10H15Cl/c1-5-7-9(4)10(11)8(3)6-2/h5,7H,3,6H2,1-2,4H3/b7-5-,10-9+. The van der Waals surface area contributed by atoms with Crippen LogP contribution in [0.3, 0.4) is 0 Å². The van der Waals surface area contributed by atoms with Crippen LogP contribution >= 0.6 is 11.6 Å². The maximum Gasteiger partial charge on any atom is 0.0461 e. The Morgan fingerprint density at radius 2 is 2.09 bits per heavy atom. The number of hydrogen-bond donors (Lipinski definition) is 0. The van der Waals surface area contributed by atoms with Crippen LogP contribution in [0.2, 0.25) is 0 Å². The maximum absolute atomic E-state index is 5.99. The van der Waals surface area contributed by atoms with E-state index in [2.05, 4.69) is 6.58 Å². The van der Waals surface area contributed by atoms with E-state index in [1.807, 2.05) is 32.9 Å². The molecule has 0 heterocycles. The van der Waals surface area contributed by atoms with Crippen LogP contribution in [-0.2, 0) is 0 Å². The van der Waals surface area contributed by atoms with Gasteiger partial charge in [-0.2, -0.15) is 0 Å². The number of rotatable bonds is 3. The molecule has 0 atom stereocenters. The topological polar surface area (TPSA) is 0 Å². The third-order valence-corrected chi connectivity index (χ3v) is 2.07. The van der Waals surface area contributed by atoms with Crippen molar-refractivity contribution in [3.8, 4) is 0 Å². The largest absolute Gasteiger partial charge is 0.0943 e. The molecular weight excluding hydrogens is 156 g/mol. The van der Waals surface area contributed by atoms with Gasteiger partial charge in [-0.25, -0.2) is 0 Å². The van der Waals surface area contributed by atoms with Crippen LogP contribution in [0.5, 0.6) is 0 Å². The summed E-state index contributed by atoms with van der Waals surface area (Å²) < 4.78 is 0. The second-order valence-electron chi connectivity index (χ2n) is 2.45. The molecule has 0 fully saturated rings. The van der Waals surface area contributed by atoms with Crippen LogP contribution in [0.15, 0.2) is 34.9 Å². The van der Waals surface area contributed by atoms with Crippen molar-refractivity contribution in [1.29, 1.82) is 0 Å². The molecule has 0 saturated heterocycles. The summed E-state index contributed by atoms with van der Waals surface area (Å²) in [7, 11) is 0. The lowest BCUT2D eigenvalue weighted by Crippen LogP contribution is -1.81. The molecule has 1 heteroatoms. The summed E-state index contributed by atoms with van der Waals surface area (Å²) in [6, 6.07) is 0. The Bertz CT molecular complexity index is 197. The minimum absolute atomic E-state index is 0.797. The monoisotopic (exact) mass is 170 g/mol. The van der Waals surface area contributed by atoms with Crippen molar-refractivity contribution in [2.75, 3.05) is 0 Å². The average molecular weight is 171 g/mol. The molecule has 0 N–H and O–H groups in total. The van der Waals surface area contributed by atoms with Crippen LogP contribution < -0.4 is 0 Å². The lowest BCUT2D eigenvalue weighted by molar-refractivity contribution is 1.14. The molecule has 0 spiro atoms. The van der Waals surface area contributed by atoms with E-state index in [9.17, 15) is 0 Å². The zero-order valence-electron chi connectivity index (χ0n) is 7.45. The van der Waals surface area contributed by atoms with Crippen LogP contribution in [0.25, 0.3) is 0 Å². The van der Waals surface area contributed by atoms with Crippen molar-refractivity contribution in [1.82, 2.24) is 0 Å². The van der Waals surface area contributed by atoms with E-state index >= 15 is 0 Å². The van der Waals surface area contributed by atoms with Gasteiger partial charge in [0.15, 0.2) is 0 Å². The first-order chi connectivity index (χ1) is 5.13. The molecule has 0 amide bonds. The molecule has 0 aliphatic heterocycles. The van der Waals surface area contributed by atoms with Crippen molar-refractivity contribution >= 4 is 11.6 Å². The molecule has 0 nitrogen and oxygen atoms in total. The van der Waals surface area contributed by atoms with Crippen LogP contribution in [-0.4, -0.2) is 0 Å². The molecule has 0 rings (SSSR count). The number of halogens is 1. The van der Waals surface area contributed by atoms with Gasteiger partial charge >= 0.3 is 0 Å². The fraction of sp³-hybridized carbons (Fsp3) is 0.400. The van der Waals surface area contributed by atoms with E-state index in [4.69, 9.17) is 11.6 Å². The lowest BCUT2D eigenvalue weighted by Gasteiger charge is -2.02. The van der Waals surface area contributed by atoms with Gasteiger partial charge in [0.05, 0.1) is 0 Å². The quantitative estimate of drug-likeness (QED) is 0.561. The maximum atomic E-state index is 5.99. The summed E-state index contributed by atoms with van der Waals surface area (Å²) in [5, 5.41) is 0.797. The van der Waals surface area contributed by atoms with Crippen molar-refractivity contribution in [2.24, 2.45) is 0 Å². The third kappa shape index (κ3) is 3.43. The fourth-order valence-electron chi connectivity index (χ4n) is 0.757. The van der Waals surface area contributed by atoms with Crippen molar-refractivity contribution in [3.63, 3.8) is 0 Å². The number of allylic oxidation sites excluding steroid dienone is 5. The van der Waals surface area contributed by atoms with Gasteiger partial charge in [-0.3, -0.25) is 0 Å². The Morgan fingerprint density at radius 1 is 1.55 bits per heavy atom. The Hall–Kier alpha value is -0.490. The smallest absolute Gasteiger partial charge is 0.0461 e. The Balaban J connectivity index is 4.51. The summed E-state index contributed by atoms with van der Waals surface area (Å²) in [6.45, 7) is 9.87. The zero-order valence-corrected chi connectivity index (χ0v) is 8.20. The molecule has 0 saturated carbocycles. The SMILES string of the molecule is C=C(CC)/C(Cl)=C(C)\C=C/C. The summed E-state index contributed by atoms with van der Waals surface area (Å²) in [5.74, 6) is 0. The lowest BCUT2D eigenvalue weighted by atomic mass is 10.1.